The van der Waals surface area contributed by atoms with Gasteiger partial charge in [-0.25, -0.2) is 0 Å². The molecule has 3 rings (SSSR count). The molecule has 2 unspecified atom stereocenters. The van der Waals surface area contributed by atoms with Crippen molar-refractivity contribution in [1.82, 2.24) is 0 Å². The maximum atomic E-state index is 2.71. The summed E-state index contributed by atoms with van der Waals surface area (Å²) in [6, 6.07) is 10.2. The van der Waals surface area contributed by atoms with Gasteiger partial charge < -0.3 is 4.90 Å². The Morgan fingerprint density at radius 2 is 1.26 bits per heavy atom. The van der Waals surface area contributed by atoms with Crippen molar-refractivity contribution in [3.05, 3.63) is 29.3 Å². The lowest BCUT2D eigenvalue weighted by atomic mass is 9.82. The molecule has 1 aromatic rings. The quantitative estimate of drug-likeness (QED) is 0.592. The van der Waals surface area contributed by atoms with Crippen molar-refractivity contribution in [1.29, 1.82) is 0 Å². The van der Waals surface area contributed by atoms with Crippen LogP contribution in [0, 0.1) is 0 Å². The maximum Gasteiger partial charge on any atom is 0.0448 e. The Hall–Kier alpha value is -0.546. The van der Waals surface area contributed by atoms with Gasteiger partial charge in [0.1, 0.15) is 0 Å². The van der Waals surface area contributed by atoms with Gasteiger partial charge in [0.15, 0.2) is 0 Å². The molecule has 0 spiro atoms. The van der Waals surface area contributed by atoms with Crippen LogP contribution in [0.5, 0.6) is 0 Å². The monoisotopic (exact) mass is 345 g/mol. The Kier molecular flexibility index (Phi) is 4.56. The number of anilines is 1. The highest BCUT2D eigenvalue weighted by atomic mass is 28.3. The van der Waals surface area contributed by atoms with Crippen LogP contribution in [-0.2, 0) is 0 Å². The third-order valence-electron chi connectivity index (χ3n) is 5.51. The summed E-state index contributed by atoms with van der Waals surface area (Å²) in [4.78, 5) is 2.71. The number of hydrogen-bond acceptors (Lipinski definition) is 1. The third-order valence-corrected chi connectivity index (χ3v) is 8.94. The second-order valence-corrected chi connectivity index (χ2v) is 21.3. The zero-order valence-electron chi connectivity index (χ0n) is 16.1. The van der Waals surface area contributed by atoms with E-state index in [1.165, 1.54) is 38.0 Å². The van der Waals surface area contributed by atoms with E-state index in [4.69, 9.17) is 0 Å². The molecule has 0 saturated carbocycles. The van der Waals surface area contributed by atoms with Gasteiger partial charge in [0.25, 0.3) is 0 Å². The van der Waals surface area contributed by atoms with Crippen molar-refractivity contribution < 1.29 is 0 Å². The molecule has 3 heteroatoms. The molecule has 1 nitrogen and oxygen atoms in total. The summed E-state index contributed by atoms with van der Waals surface area (Å²) in [5.74, 6) is 1.64. The third kappa shape index (κ3) is 3.93. The van der Waals surface area contributed by atoms with Crippen molar-refractivity contribution in [3.8, 4) is 0 Å². The van der Waals surface area contributed by atoms with Crippen LogP contribution >= 0.6 is 0 Å². The first kappa shape index (κ1) is 17.3. The molecule has 0 radical (unpaired) electrons. The number of para-hydroxylation sites is 1. The fraction of sp³-hybridized carbons (Fsp3) is 0.700. The predicted molar refractivity (Wildman–Crippen MR) is 110 cm³/mol. The molecule has 2 heterocycles. The van der Waals surface area contributed by atoms with Gasteiger partial charge in [0.2, 0.25) is 0 Å². The van der Waals surface area contributed by atoms with Crippen LogP contribution in [0.15, 0.2) is 18.2 Å². The highest BCUT2D eigenvalue weighted by Gasteiger charge is 2.35. The first-order chi connectivity index (χ1) is 10.6. The lowest BCUT2D eigenvalue weighted by Crippen LogP contribution is -2.39. The van der Waals surface area contributed by atoms with Crippen LogP contribution in [0.4, 0.5) is 5.69 Å². The number of hydrogen-bond donors (Lipinski definition) is 0. The van der Waals surface area contributed by atoms with Gasteiger partial charge in [-0.2, -0.15) is 0 Å². The first-order valence-corrected chi connectivity index (χ1v) is 16.9. The van der Waals surface area contributed by atoms with E-state index in [2.05, 4.69) is 62.4 Å². The Morgan fingerprint density at radius 3 is 1.65 bits per heavy atom. The van der Waals surface area contributed by atoms with Gasteiger partial charge in [-0.05, 0) is 35.8 Å². The van der Waals surface area contributed by atoms with Crippen molar-refractivity contribution in [2.45, 2.75) is 76.0 Å². The second kappa shape index (κ2) is 6.07. The smallest absolute Gasteiger partial charge is 0.0448 e. The van der Waals surface area contributed by atoms with Gasteiger partial charge in [0.05, 0.1) is 0 Å². The summed E-state index contributed by atoms with van der Waals surface area (Å²) in [7, 11) is -2.02. The molecular weight excluding hydrogens is 310 g/mol. The summed E-state index contributed by atoms with van der Waals surface area (Å²) in [5.41, 5.74) is 5.05. The largest absolute Gasteiger partial charge is 0.371 e. The first-order valence-electron chi connectivity index (χ1n) is 9.52. The summed E-state index contributed by atoms with van der Waals surface area (Å²) in [5, 5.41) is 0. The molecule has 128 valence electrons. The molecule has 2 aliphatic heterocycles. The lowest BCUT2D eigenvalue weighted by Gasteiger charge is -2.44. The Labute approximate surface area is 145 Å². The fourth-order valence-corrected chi connectivity index (χ4v) is 8.58. The minimum atomic E-state index is -1.01. The van der Waals surface area contributed by atoms with Crippen LogP contribution in [-0.4, -0.2) is 29.2 Å². The average Bonchev–Trinajstić information content (AvgIpc) is 2.41. The molecule has 0 N–H and O–H groups in total. The zero-order valence-corrected chi connectivity index (χ0v) is 18.1. The number of benzene rings is 1. The van der Waals surface area contributed by atoms with Gasteiger partial charge in [0, 0.05) is 34.9 Å². The van der Waals surface area contributed by atoms with Gasteiger partial charge in [-0.1, -0.05) is 69.6 Å². The van der Waals surface area contributed by atoms with E-state index in [0.29, 0.717) is 0 Å². The summed E-state index contributed by atoms with van der Waals surface area (Å²) >= 11 is 0. The lowest BCUT2D eigenvalue weighted by molar-refractivity contribution is 0.543. The SMILES string of the molecule is C[Si](C)(C)CC1CCN2CCC(C[Si](C)(C)C)c3cccc1c32. The van der Waals surface area contributed by atoms with E-state index in [0.717, 1.165) is 11.8 Å². The Morgan fingerprint density at radius 1 is 0.826 bits per heavy atom. The number of rotatable bonds is 4. The Balaban J connectivity index is 1.96. The van der Waals surface area contributed by atoms with Crippen LogP contribution in [0.1, 0.15) is 35.8 Å². The van der Waals surface area contributed by atoms with E-state index in [9.17, 15) is 0 Å². The van der Waals surface area contributed by atoms with Gasteiger partial charge in [-0.15, -0.1) is 0 Å². The van der Waals surface area contributed by atoms with Crippen molar-refractivity contribution in [3.63, 3.8) is 0 Å². The summed E-state index contributed by atoms with van der Waals surface area (Å²) in [6.45, 7) is 17.8. The molecule has 0 fully saturated rings. The molecule has 2 aliphatic rings. The van der Waals surface area contributed by atoms with E-state index < -0.39 is 16.1 Å². The predicted octanol–water partition coefficient (Wildman–Crippen LogP) is 6.14. The number of nitrogens with zero attached hydrogens (tertiary/aromatic N) is 1. The zero-order chi connectivity index (χ0) is 16.8. The normalized spacial score (nSPS) is 24.5. The highest BCUT2D eigenvalue weighted by molar-refractivity contribution is 6.76. The van der Waals surface area contributed by atoms with Gasteiger partial charge >= 0.3 is 0 Å². The van der Waals surface area contributed by atoms with E-state index in [1.54, 1.807) is 16.8 Å². The molecule has 0 saturated heterocycles. The molecular formula is C20H35NSi2. The Bertz CT molecular complexity index is 522. The molecule has 0 aromatic heterocycles. The molecule has 0 amide bonds. The molecule has 23 heavy (non-hydrogen) atoms. The van der Waals surface area contributed by atoms with Crippen LogP contribution in [0.3, 0.4) is 0 Å². The molecule has 0 aliphatic carbocycles. The van der Waals surface area contributed by atoms with Crippen LogP contribution in [0.25, 0.3) is 0 Å². The van der Waals surface area contributed by atoms with Crippen LogP contribution in [0.2, 0.25) is 51.4 Å². The molecule has 2 atom stereocenters. The van der Waals surface area contributed by atoms with Crippen LogP contribution < -0.4 is 4.90 Å². The van der Waals surface area contributed by atoms with E-state index in [-0.39, 0.29) is 0 Å². The minimum Gasteiger partial charge on any atom is -0.371 e. The van der Waals surface area contributed by atoms with Crippen molar-refractivity contribution in [2.75, 3.05) is 18.0 Å². The van der Waals surface area contributed by atoms with E-state index >= 15 is 0 Å². The minimum absolute atomic E-state index is 0.818. The summed E-state index contributed by atoms with van der Waals surface area (Å²) in [6.07, 6.45) is 2.75. The fourth-order valence-electron chi connectivity index (χ4n) is 4.78. The van der Waals surface area contributed by atoms with E-state index in [1.807, 2.05) is 0 Å². The van der Waals surface area contributed by atoms with Gasteiger partial charge in [-0.3, -0.25) is 0 Å². The van der Waals surface area contributed by atoms with Crippen molar-refractivity contribution >= 4 is 21.8 Å². The summed E-state index contributed by atoms with van der Waals surface area (Å²) < 4.78 is 0. The highest BCUT2D eigenvalue weighted by Crippen LogP contribution is 2.48. The standard InChI is InChI=1S/C20H35NSi2/c1-22(2,3)14-16-10-12-21-13-11-17(15-23(4,5)6)19-9-7-8-18(16)20(19)21/h7-9,16-17H,10-15H2,1-6H3. The molecule has 0 bridgehead atoms. The second-order valence-electron chi connectivity index (χ2n) is 10.3. The topological polar surface area (TPSA) is 3.24 Å². The maximum absolute atomic E-state index is 2.71. The molecule has 1 aromatic carbocycles. The average molecular weight is 346 g/mol. The van der Waals surface area contributed by atoms with Crippen molar-refractivity contribution in [2.24, 2.45) is 0 Å².